The van der Waals surface area contributed by atoms with Crippen molar-refractivity contribution >= 4 is 5.96 Å². The molecule has 0 spiro atoms. The Morgan fingerprint density at radius 1 is 1.42 bits per heavy atom. The van der Waals surface area contributed by atoms with Crippen LogP contribution in [-0.4, -0.2) is 56.7 Å². The first-order valence-corrected chi connectivity index (χ1v) is 9.01. The molecule has 134 valence electrons. The van der Waals surface area contributed by atoms with E-state index < -0.39 is 0 Å². The SMILES string of the molecule is CCNC(=NCC(C)Oc1cccc(C)c1)NCC1CCN(C)C1. The summed E-state index contributed by atoms with van der Waals surface area (Å²) >= 11 is 0. The van der Waals surface area contributed by atoms with E-state index in [1.54, 1.807) is 0 Å². The lowest BCUT2D eigenvalue weighted by Crippen LogP contribution is -2.40. The summed E-state index contributed by atoms with van der Waals surface area (Å²) in [5.41, 5.74) is 1.21. The summed E-state index contributed by atoms with van der Waals surface area (Å²) in [6.45, 7) is 11.1. The first-order chi connectivity index (χ1) is 11.6. The van der Waals surface area contributed by atoms with Gasteiger partial charge in [0.25, 0.3) is 0 Å². The van der Waals surface area contributed by atoms with Crippen molar-refractivity contribution in [1.29, 1.82) is 0 Å². The van der Waals surface area contributed by atoms with Crippen molar-refractivity contribution in [2.24, 2.45) is 10.9 Å². The Morgan fingerprint density at radius 3 is 2.92 bits per heavy atom. The average molecular weight is 332 g/mol. The highest BCUT2D eigenvalue weighted by atomic mass is 16.5. The Morgan fingerprint density at radius 2 is 2.25 bits per heavy atom. The fraction of sp³-hybridized carbons (Fsp3) is 0.632. The predicted octanol–water partition coefficient (Wildman–Crippen LogP) is 2.27. The maximum Gasteiger partial charge on any atom is 0.191 e. The van der Waals surface area contributed by atoms with E-state index in [-0.39, 0.29) is 6.10 Å². The second-order valence-corrected chi connectivity index (χ2v) is 6.76. The molecule has 0 radical (unpaired) electrons. The molecule has 2 atom stereocenters. The van der Waals surface area contributed by atoms with Gasteiger partial charge in [0.05, 0.1) is 6.54 Å². The monoisotopic (exact) mass is 332 g/mol. The highest BCUT2D eigenvalue weighted by molar-refractivity contribution is 5.79. The van der Waals surface area contributed by atoms with E-state index in [0.29, 0.717) is 12.5 Å². The van der Waals surface area contributed by atoms with Crippen molar-refractivity contribution in [3.8, 4) is 5.75 Å². The van der Waals surface area contributed by atoms with Gasteiger partial charge in [-0.2, -0.15) is 0 Å². The number of hydrogen-bond acceptors (Lipinski definition) is 3. The number of nitrogens with zero attached hydrogens (tertiary/aromatic N) is 2. The third-order valence-corrected chi connectivity index (χ3v) is 4.22. The smallest absolute Gasteiger partial charge is 0.191 e. The van der Waals surface area contributed by atoms with Gasteiger partial charge in [-0.1, -0.05) is 12.1 Å². The zero-order valence-corrected chi connectivity index (χ0v) is 15.5. The Kier molecular flexibility index (Phi) is 7.37. The van der Waals surface area contributed by atoms with Crippen LogP contribution in [0.3, 0.4) is 0 Å². The number of aryl methyl sites for hydroxylation is 1. The number of rotatable bonds is 7. The summed E-state index contributed by atoms with van der Waals surface area (Å²) in [4.78, 5) is 7.05. The molecular formula is C19H32N4O. The van der Waals surface area contributed by atoms with Crippen molar-refractivity contribution in [3.63, 3.8) is 0 Å². The quantitative estimate of drug-likeness (QED) is 0.594. The van der Waals surface area contributed by atoms with E-state index >= 15 is 0 Å². The van der Waals surface area contributed by atoms with Crippen LogP contribution in [0.1, 0.15) is 25.8 Å². The second kappa shape index (κ2) is 9.52. The van der Waals surface area contributed by atoms with Gasteiger partial charge in [0.1, 0.15) is 11.9 Å². The number of benzene rings is 1. The van der Waals surface area contributed by atoms with Crippen LogP contribution in [0, 0.1) is 12.8 Å². The third kappa shape index (κ3) is 6.40. The fourth-order valence-corrected chi connectivity index (χ4v) is 2.95. The Hall–Kier alpha value is -1.75. The van der Waals surface area contributed by atoms with Crippen molar-refractivity contribution in [2.45, 2.75) is 33.3 Å². The van der Waals surface area contributed by atoms with Gasteiger partial charge in [-0.15, -0.1) is 0 Å². The molecular weight excluding hydrogens is 300 g/mol. The highest BCUT2D eigenvalue weighted by Crippen LogP contribution is 2.14. The van der Waals surface area contributed by atoms with E-state index in [4.69, 9.17) is 4.74 Å². The van der Waals surface area contributed by atoms with Crippen LogP contribution in [0.5, 0.6) is 5.75 Å². The van der Waals surface area contributed by atoms with Crippen molar-refractivity contribution in [3.05, 3.63) is 29.8 Å². The Bertz CT molecular complexity index is 532. The largest absolute Gasteiger partial charge is 0.489 e. The van der Waals surface area contributed by atoms with Gasteiger partial charge >= 0.3 is 0 Å². The molecule has 0 amide bonds. The molecule has 2 rings (SSSR count). The fourth-order valence-electron chi connectivity index (χ4n) is 2.95. The predicted molar refractivity (Wildman–Crippen MR) is 101 cm³/mol. The molecule has 1 aliphatic heterocycles. The van der Waals surface area contributed by atoms with Gasteiger partial charge < -0.3 is 20.3 Å². The molecule has 0 bridgehead atoms. The molecule has 2 unspecified atom stereocenters. The lowest BCUT2D eigenvalue weighted by atomic mass is 10.1. The van der Waals surface area contributed by atoms with E-state index in [1.165, 1.54) is 25.1 Å². The van der Waals surface area contributed by atoms with Gasteiger partial charge in [-0.05, 0) is 64.4 Å². The van der Waals surface area contributed by atoms with Gasteiger partial charge in [-0.25, -0.2) is 4.99 Å². The molecule has 1 fully saturated rings. The molecule has 1 aromatic rings. The standard InChI is InChI=1S/C19H32N4O/c1-5-20-19(22-13-17-9-10-23(4)14-17)21-12-16(3)24-18-8-6-7-15(2)11-18/h6-8,11,16-17H,5,9-10,12-14H2,1-4H3,(H2,20,21,22). The van der Waals surface area contributed by atoms with Crippen LogP contribution in [-0.2, 0) is 0 Å². The van der Waals surface area contributed by atoms with Crippen LogP contribution < -0.4 is 15.4 Å². The number of aliphatic imine (C=N–C) groups is 1. The normalized spacial score (nSPS) is 20.0. The minimum Gasteiger partial charge on any atom is -0.489 e. The van der Waals surface area contributed by atoms with Crippen LogP contribution in [0.4, 0.5) is 0 Å². The first-order valence-electron chi connectivity index (χ1n) is 9.01. The third-order valence-electron chi connectivity index (χ3n) is 4.22. The molecule has 1 aromatic carbocycles. The maximum absolute atomic E-state index is 5.95. The number of guanidine groups is 1. The van der Waals surface area contributed by atoms with Gasteiger partial charge in [-0.3, -0.25) is 0 Å². The summed E-state index contributed by atoms with van der Waals surface area (Å²) in [5, 5.41) is 6.78. The van der Waals surface area contributed by atoms with Crippen LogP contribution >= 0.6 is 0 Å². The number of likely N-dealkylation sites (tertiary alicyclic amines) is 1. The average Bonchev–Trinajstić information content (AvgIpc) is 2.95. The minimum atomic E-state index is 0.0415. The number of ether oxygens (including phenoxy) is 1. The molecule has 0 aliphatic carbocycles. The molecule has 1 aliphatic rings. The summed E-state index contributed by atoms with van der Waals surface area (Å²) < 4.78 is 5.95. The molecule has 0 saturated carbocycles. The van der Waals surface area contributed by atoms with Crippen molar-refractivity contribution in [1.82, 2.24) is 15.5 Å². The molecule has 2 N–H and O–H groups in total. The van der Waals surface area contributed by atoms with Crippen molar-refractivity contribution < 1.29 is 4.74 Å². The summed E-state index contributed by atoms with van der Waals surface area (Å²) in [7, 11) is 2.18. The zero-order valence-electron chi connectivity index (χ0n) is 15.5. The summed E-state index contributed by atoms with van der Waals surface area (Å²) in [6, 6.07) is 8.14. The second-order valence-electron chi connectivity index (χ2n) is 6.76. The lowest BCUT2D eigenvalue weighted by Gasteiger charge is -2.17. The Labute approximate surface area is 146 Å². The lowest BCUT2D eigenvalue weighted by molar-refractivity contribution is 0.230. The molecule has 1 heterocycles. The van der Waals surface area contributed by atoms with Crippen LogP contribution in [0.25, 0.3) is 0 Å². The van der Waals surface area contributed by atoms with E-state index in [9.17, 15) is 0 Å². The van der Waals surface area contributed by atoms with Crippen LogP contribution in [0.15, 0.2) is 29.3 Å². The van der Waals surface area contributed by atoms with E-state index in [2.05, 4.69) is 60.5 Å². The molecule has 5 heteroatoms. The molecule has 0 aromatic heterocycles. The zero-order chi connectivity index (χ0) is 17.4. The summed E-state index contributed by atoms with van der Waals surface area (Å²) in [6.07, 6.45) is 1.30. The van der Waals surface area contributed by atoms with Gasteiger partial charge in [0.15, 0.2) is 5.96 Å². The molecule has 5 nitrogen and oxygen atoms in total. The number of nitrogens with one attached hydrogen (secondary N) is 2. The topological polar surface area (TPSA) is 48.9 Å². The van der Waals surface area contributed by atoms with E-state index in [0.717, 1.165) is 24.8 Å². The number of hydrogen-bond donors (Lipinski definition) is 2. The summed E-state index contributed by atoms with van der Waals surface area (Å²) in [5.74, 6) is 2.50. The first kappa shape index (κ1) is 18.6. The maximum atomic E-state index is 5.95. The molecule has 24 heavy (non-hydrogen) atoms. The highest BCUT2D eigenvalue weighted by Gasteiger charge is 2.19. The van der Waals surface area contributed by atoms with Crippen LogP contribution in [0.2, 0.25) is 0 Å². The molecule has 1 saturated heterocycles. The van der Waals surface area contributed by atoms with Gasteiger partial charge in [0.2, 0.25) is 0 Å². The minimum absolute atomic E-state index is 0.0415. The van der Waals surface area contributed by atoms with Crippen molar-refractivity contribution in [2.75, 3.05) is 39.8 Å². The Balaban J connectivity index is 1.80. The van der Waals surface area contributed by atoms with Gasteiger partial charge in [0, 0.05) is 19.6 Å². The van der Waals surface area contributed by atoms with E-state index in [1.807, 2.05) is 12.1 Å².